The molecule has 0 fully saturated rings. The first kappa shape index (κ1) is 13.9. The normalized spacial score (nSPS) is 10.5. The summed E-state index contributed by atoms with van der Waals surface area (Å²) in [6.07, 6.45) is 3.25. The minimum atomic E-state index is 0.577. The van der Waals surface area contributed by atoms with Gasteiger partial charge in [-0.1, -0.05) is 36.4 Å². The summed E-state index contributed by atoms with van der Waals surface area (Å²) in [5.74, 6) is 1.15. The number of rotatable bonds is 5. The fraction of sp³-hybridized carbons (Fsp3) is 0. The van der Waals surface area contributed by atoms with Crippen molar-refractivity contribution >= 4 is 11.6 Å². The SMILES string of the molecule is c1ccc(-n2ncc(NNc3cnn(-c4ccccc4)n3)n2)cc1. The Morgan fingerprint density at radius 1 is 0.583 bits per heavy atom. The number of benzene rings is 2. The lowest BCUT2D eigenvalue weighted by Gasteiger charge is -2.02. The average molecular weight is 318 g/mol. The van der Waals surface area contributed by atoms with E-state index in [1.165, 1.54) is 0 Å². The van der Waals surface area contributed by atoms with Gasteiger partial charge in [0.2, 0.25) is 0 Å². The quantitative estimate of drug-likeness (QED) is 0.549. The Hall–Kier alpha value is -3.68. The minimum absolute atomic E-state index is 0.577. The number of anilines is 2. The van der Waals surface area contributed by atoms with Crippen LogP contribution >= 0.6 is 0 Å². The standard InChI is InChI=1S/C16H14N8/c1-3-7-13(8-4-1)23-17-11-15(21-23)19-20-16-12-18-24(22-16)14-9-5-2-6-10-14/h1-12H,(H,19,21)(H,20,22). The Morgan fingerprint density at radius 2 is 1.00 bits per heavy atom. The highest BCUT2D eigenvalue weighted by molar-refractivity contribution is 5.42. The number of aromatic nitrogens is 6. The van der Waals surface area contributed by atoms with Gasteiger partial charge in [-0.3, -0.25) is 10.9 Å². The average Bonchev–Trinajstić information content (AvgIpc) is 3.31. The van der Waals surface area contributed by atoms with Gasteiger partial charge in [-0.15, -0.1) is 19.8 Å². The van der Waals surface area contributed by atoms with Crippen LogP contribution in [0, 0.1) is 0 Å². The molecular weight excluding hydrogens is 304 g/mol. The van der Waals surface area contributed by atoms with Gasteiger partial charge < -0.3 is 0 Å². The van der Waals surface area contributed by atoms with Crippen molar-refractivity contribution < 1.29 is 0 Å². The van der Waals surface area contributed by atoms with Crippen LogP contribution in [0.5, 0.6) is 0 Å². The summed E-state index contributed by atoms with van der Waals surface area (Å²) in [5, 5.41) is 17.1. The third-order valence-electron chi connectivity index (χ3n) is 3.28. The van der Waals surface area contributed by atoms with Crippen LogP contribution in [-0.2, 0) is 0 Å². The maximum Gasteiger partial charge on any atom is 0.187 e. The van der Waals surface area contributed by atoms with E-state index in [9.17, 15) is 0 Å². The van der Waals surface area contributed by atoms with E-state index < -0.39 is 0 Å². The fourth-order valence-electron chi connectivity index (χ4n) is 2.14. The van der Waals surface area contributed by atoms with Crippen LogP contribution in [0.2, 0.25) is 0 Å². The summed E-state index contributed by atoms with van der Waals surface area (Å²) in [6, 6.07) is 19.4. The summed E-state index contributed by atoms with van der Waals surface area (Å²) in [4.78, 5) is 3.09. The van der Waals surface area contributed by atoms with E-state index in [1.54, 1.807) is 22.0 Å². The van der Waals surface area contributed by atoms with E-state index in [1.807, 2.05) is 60.7 Å². The number of nitrogens with one attached hydrogen (secondary N) is 2. The number of hydrazine groups is 1. The Labute approximate surface area is 137 Å². The van der Waals surface area contributed by atoms with E-state index in [0.29, 0.717) is 11.6 Å². The highest BCUT2D eigenvalue weighted by Crippen LogP contribution is 2.09. The molecule has 4 aromatic rings. The Morgan fingerprint density at radius 3 is 1.42 bits per heavy atom. The smallest absolute Gasteiger partial charge is 0.187 e. The van der Waals surface area contributed by atoms with Crippen molar-refractivity contribution in [3.05, 3.63) is 73.1 Å². The molecule has 0 atom stereocenters. The lowest BCUT2D eigenvalue weighted by atomic mass is 10.3. The van der Waals surface area contributed by atoms with Crippen LogP contribution < -0.4 is 10.9 Å². The van der Waals surface area contributed by atoms with Crippen molar-refractivity contribution in [3.8, 4) is 11.4 Å². The van der Waals surface area contributed by atoms with Crippen LogP contribution in [0.1, 0.15) is 0 Å². The molecule has 2 aromatic carbocycles. The van der Waals surface area contributed by atoms with E-state index in [4.69, 9.17) is 0 Å². The maximum atomic E-state index is 4.34. The first-order chi connectivity index (χ1) is 11.9. The lowest BCUT2D eigenvalue weighted by molar-refractivity contribution is 0.751. The Bertz CT molecular complexity index is 836. The van der Waals surface area contributed by atoms with Crippen LogP contribution in [0.25, 0.3) is 11.4 Å². The molecule has 0 radical (unpaired) electrons. The second-order valence-corrected chi connectivity index (χ2v) is 4.96. The van der Waals surface area contributed by atoms with E-state index in [2.05, 4.69) is 31.2 Å². The van der Waals surface area contributed by atoms with Crippen LogP contribution in [0.4, 0.5) is 11.6 Å². The minimum Gasteiger partial charge on any atom is -0.280 e. The summed E-state index contributed by atoms with van der Waals surface area (Å²) in [7, 11) is 0. The molecule has 0 unspecified atom stereocenters. The summed E-state index contributed by atoms with van der Waals surface area (Å²) in [6.45, 7) is 0. The molecule has 0 aliphatic rings. The topological polar surface area (TPSA) is 85.5 Å². The van der Waals surface area contributed by atoms with E-state index >= 15 is 0 Å². The van der Waals surface area contributed by atoms with Gasteiger partial charge in [0.1, 0.15) is 0 Å². The van der Waals surface area contributed by atoms with Gasteiger partial charge in [0.15, 0.2) is 11.6 Å². The molecule has 118 valence electrons. The monoisotopic (exact) mass is 318 g/mol. The molecule has 8 nitrogen and oxygen atoms in total. The third-order valence-corrected chi connectivity index (χ3v) is 3.28. The molecule has 2 N–H and O–H groups in total. The molecule has 0 bridgehead atoms. The first-order valence-electron chi connectivity index (χ1n) is 7.36. The summed E-state index contributed by atoms with van der Waals surface area (Å²) < 4.78 is 0. The molecule has 8 heteroatoms. The summed E-state index contributed by atoms with van der Waals surface area (Å²) in [5.41, 5.74) is 7.69. The van der Waals surface area contributed by atoms with E-state index in [-0.39, 0.29) is 0 Å². The molecule has 2 aromatic heterocycles. The predicted molar refractivity (Wildman–Crippen MR) is 90.0 cm³/mol. The predicted octanol–water partition coefficient (Wildman–Crippen LogP) is 2.29. The molecule has 0 aliphatic carbocycles. The van der Waals surface area contributed by atoms with Gasteiger partial charge in [-0.2, -0.15) is 10.2 Å². The van der Waals surface area contributed by atoms with Crippen LogP contribution in [-0.4, -0.2) is 30.0 Å². The van der Waals surface area contributed by atoms with Gasteiger partial charge in [0.05, 0.1) is 23.8 Å². The number of para-hydroxylation sites is 2. The second-order valence-electron chi connectivity index (χ2n) is 4.96. The Balaban J connectivity index is 1.43. The van der Waals surface area contributed by atoms with Crippen molar-refractivity contribution in [2.45, 2.75) is 0 Å². The molecule has 0 aliphatic heterocycles. The zero-order chi connectivity index (χ0) is 16.2. The van der Waals surface area contributed by atoms with Crippen LogP contribution in [0.3, 0.4) is 0 Å². The molecule has 0 spiro atoms. The number of hydrogen-bond acceptors (Lipinski definition) is 6. The highest BCUT2D eigenvalue weighted by atomic mass is 15.6. The van der Waals surface area contributed by atoms with Gasteiger partial charge in [-0.25, -0.2) is 0 Å². The molecular formula is C16H14N8. The largest absolute Gasteiger partial charge is 0.280 e. The third kappa shape index (κ3) is 2.93. The van der Waals surface area contributed by atoms with Gasteiger partial charge >= 0.3 is 0 Å². The van der Waals surface area contributed by atoms with Crippen molar-refractivity contribution in [3.63, 3.8) is 0 Å². The van der Waals surface area contributed by atoms with Crippen molar-refractivity contribution in [2.75, 3.05) is 10.9 Å². The summed E-state index contributed by atoms with van der Waals surface area (Å²) >= 11 is 0. The van der Waals surface area contributed by atoms with Gasteiger partial charge in [-0.05, 0) is 24.3 Å². The first-order valence-corrected chi connectivity index (χ1v) is 7.36. The van der Waals surface area contributed by atoms with Crippen molar-refractivity contribution in [2.24, 2.45) is 0 Å². The molecule has 4 rings (SSSR count). The zero-order valence-electron chi connectivity index (χ0n) is 12.6. The molecule has 2 heterocycles. The maximum absolute atomic E-state index is 4.34. The second kappa shape index (κ2) is 6.21. The van der Waals surface area contributed by atoms with Gasteiger partial charge in [0, 0.05) is 0 Å². The molecule has 0 saturated carbocycles. The number of hydrogen-bond donors (Lipinski definition) is 2. The van der Waals surface area contributed by atoms with Gasteiger partial charge in [0.25, 0.3) is 0 Å². The number of nitrogens with zero attached hydrogens (tertiary/aromatic N) is 6. The zero-order valence-corrected chi connectivity index (χ0v) is 12.6. The Kier molecular flexibility index (Phi) is 3.61. The lowest BCUT2D eigenvalue weighted by Crippen LogP contribution is -2.10. The molecule has 24 heavy (non-hydrogen) atoms. The molecule has 0 amide bonds. The highest BCUT2D eigenvalue weighted by Gasteiger charge is 2.04. The van der Waals surface area contributed by atoms with Crippen LogP contribution in [0.15, 0.2) is 73.1 Å². The van der Waals surface area contributed by atoms with Crippen molar-refractivity contribution in [1.82, 2.24) is 30.0 Å². The van der Waals surface area contributed by atoms with E-state index in [0.717, 1.165) is 11.4 Å². The van der Waals surface area contributed by atoms with Crippen molar-refractivity contribution in [1.29, 1.82) is 0 Å². The molecule has 0 saturated heterocycles. The fourth-order valence-corrected chi connectivity index (χ4v) is 2.14.